The van der Waals surface area contributed by atoms with E-state index in [1.54, 1.807) is 24.3 Å². The average molecular weight is 265 g/mol. The lowest BCUT2D eigenvalue weighted by Gasteiger charge is -2.07. The number of amides is 1. The van der Waals surface area contributed by atoms with Gasteiger partial charge in [-0.05, 0) is 29.3 Å². The molecule has 20 heavy (non-hydrogen) atoms. The van der Waals surface area contributed by atoms with Gasteiger partial charge in [-0.25, -0.2) is 0 Å². The molecule has 3 N–H and O–H groups in total. The Labute approximate surface area is 117 Å². The van der Waals surface area contributed by atoms with Crippen LogP contribution in [-0.2, 0) is 13.1 Å². The van der Waals surface area contributed by atoms with Gasteiger partial charge < -0.3 is 11.1 Å². The topological polar surface area (TPSA) is 78.9 Å². The zero-order chi connectivity index (χ0) is 14.4. The number of benzene rings is 2. The highest BCUT2D eigenvalue weighted by Gasteiger charge is 2.02. The van der Waals surface area contributed by atoms with E-state index in [9.17, 15) is 4.79 Å². The molecule has 0 bridgehead atoms. The Bertz CT molecular complexity index is 659. The second-order valence-electron chi connectivity index (χ2n) is 4.44. The van der Waals surface area contributed by atoms with Crippen molar-refractivity contribution in [2.75, 3.05) is 0 Å². The van der Waals surface area contributed by atoms with Gasteiger partial charge in [0.2, 0.25) is 5.91 Å². The monoisotopic (exact) mass is 265 g/mol. The third-order valence-corrected chi connectivity index (χ3v) is 2.99. The SMILES string of the molecule is N#Cc1ccccc1CNCc1cccc(C(N)=O)c1. The van der Waals surface area contributed by atoms with Crippen LogP contribution in [0.2, 0.25) is 0 Å². The summed E-state index contributed by atoms with van der Waals surface area (Å²) in [5, 5.41) is 12.3. The van der Waals surface area contributed by atoms with Gasteiger partial charge in [-0.1, -0.05) is 30.3 Å². The Morgan fingerprint density at radius 2 is 1.95 bits per heavy atom. The van der Waals surface area contributed by atoms with Crippen molar-refractivity contribution >= 4 is 5.91 Å². The standard InChI is InChI=1S/C16H15N3O/c17-9-14-5-1-2-6-15(14)11-19-10-12-4-3-7-13(8-12)16(18)20/h1-8,19H,10-11H2,(H2,18,20). The van der Waals surface area contributed by atoms with Crippen molar-refractivity contribution in [3.05, 3.63) is 70.8 Å². The molecule has 4 nitrogen and oxygen atoms in total. The van der Waals surface area contributed by atoms with Crippen LogP contribution in [0.4, 0.5) is 0 Å². The van der Waals surface area contributed by atoms with E-state index in [-0.39, 0.29) is 0 Å². The van der Waals surface area contributed by atoms with Crippen molar-refractivity contribution < 1.29 is 4.79 Å². The van der Waals surface area contributed by atoms with Crippen molar-refractivity contribution in [1.82, 2.24) is 5.32 Å². The number of carbonyl (C=O) groups excluding carboxylic acids is 1. The Hall–Kier alpha value is -2.64. The van der Waals surface area contributed by atoms with Crippen LogP contribution < -0.4 is 11.1 Å². The highest BCUT2D eigenvalue weighted by atomic mass is 16.1. The van der Waals surface area contributed by atoms with Gasteiger partial charge in [0.15, 0.2) is 0 Å². The molecule has 4 heteroatoms. The molecule has 0 aliphatic heterocycles. The maximum Gasteiger partial charge on any atom is 0.248 e. The van der Waals surface area contributed by atoms with E-state index in [0.29, 0.717) is 24.2 Å². The molecule has 0 atom stereocenters. The second-order valence-corrected chi connectivity index (χ2v) is 4.44. The summed E-state index contributed by atoms with van der Waals surface area (Å²) in [5.41, 5.74) is 8.36. The minimum atomic E-state index is -0.429. The molecule has 0 unspecified atom stereocenters. The van der Waals surface area contributed by atoms with Crippen molar-refractivity contribution in [1.29, 1.82) is 5.26 Å². The molecule has 100 valence electrons. The zero-order valence-corrected chi connectivity index (χ0v) is 11.0. The minimum absolute atomic E-state index is 0.429. The average Bonchev–Trinajstić information content (AvgIpc) is 2.48. The lowest BCUT2D eigenvalue weighted by atomic mass is 10.1. The number of carbonyl (C=O) groups is 1. The second kappa shape index (κ2) is 6.50. The van der Waals surface area contributed by atoms with E-state index in [2.05, 4.69) is 11.4 Å². The summed E-state index contributed by atoms with van der Waals surface area (Å²) in [7, 11) is 0. The largest absolute Gasteiger partial charge is 0.366 e. The molecule has 0 radical (unpaired) electrons. The van der Waals surface area contributed by atoms with Crippen LogP contribution in [-0.4, -0.2) is 5.91 Å². The van der Waals surface area contributed by atoms with Crippen LogP contribution in [0.15, 0.2) is 48.5 Å². The Morgan fingerprint density at radius 1 is 1.15 bits per heavy atom. The van der Waals surface area contributed by atoms with Gasteiger partial charge in [-0.15, -0.1) is 0 Å². The molecule has 2 rings (SSSR count). The van der Waals surface area contributed by atoms with Gasteiger partial charge in [0, 0.05) is 18.7 Å². The Morgan fingerprint density at radius 3 is 2.70 bits per heavy atom. The number of nitrogens with one attached hydrogen (secondary N) is 1. The predicted octanol–water partition coefficient (Wildman–Crippen LogP) is 1.95. The number of primary amides is 1. The number of hydrogen-bond acceptors (Lipinski definition) is 3. The molecule has 0 spiro atoms. The lowest BCUT2D eigenvalue weighted by molar-refractivity contribution is 0.1000. The first-order valence-corrected chi connectivity index (χ1v) is 6.28. The molecule has 0 saturated carbocycles. The fraction of sp³-hybridized carbons (Fsp3) is 0.125. The minimum Gasteiger partial charge on any atom is -0.366 e. The van der Waals surface area contributed by atoms with Crippen LogP contribution in [0.25, 0.3) is 0 Å². The summed E-state index contributed by atoms with van der Waals surface area (Å²) in [6, 6.07) is 16.8. The molecule has 0 aromatic heterocycles. The Kier molecular flexibility index (Phi) is 4.48. The highest BCUT2D eigenvalue weighted by molar-refractivity contribution is 5.92. The fourth-order valence-electron chi connectivity index (χ4n) is 1.96. The number of rotatable bonds is 5. The van der Waals surface area contributed by atoms with Gasteiger partial charge in [0.05, 0.1) is 11.6 Å². The third-order valence-electron chi connectivity index (χ3n) is 2.99. The van der Waals surface area contributed by atoms with Crippen LogP contribution in [0.3, 0.4) is 0 Å². The van der Waals surface area contributed by atoms with Gasteiger partial charge in [0.1, 0.15) is 0 Å². The molecule has 2 aromatic rings. The third kappa shape index (κ3) is 3.44. The van der Waals surface area contributed by atoms with Crippen LogP contribution in [0.1, 0.15) is 27.0 Å². The molecular formula is C16H15N3O. The van der Waals surface area contributed by atoms with Gasteiger partial charge in [-0.3, -0.25) is 4.79 Å². The smallest absolute Gasteiger partial charge is 0.248 e. The Balaban J connectivity index is 1.98. The van der Waals surface area contributed by atoms with Gasteiger partial charge in [-0.2, -0.15) is 5.26 Å². The van der Waals surface area contributed by atoms with E-state index in [0.717, 1.165) is 11.1 Å². The van der Waals surface area contributed by atoms with Crippen LogP contribution >= 0.6 is 0 Å². The summed E-state index contributed by atoms with van der Waals surface area (Å²) >= 11 is 0. The number of nitriles is 1. The van der Waals surface area contributed by atoms with Crippen LogP contribution in [0, 0.1) is 11.3 Å². The first-order valence-electron chi connectivity index (χ1n) is 6.28. The van der Waals surface area contributed by atoms with Crippen molar-refractivity contribution in [2.45, 2.75) is 13.1 Å². The quantitative estimate of drug-likeness (QED) is 0.867. The van der Waals surface area contributed by atoms with Gasteiger partial charge in [0.25, 0.3) is 0 Å². The van der Waals surface area contributed by atoms with E-state index >= 15 is 0 Å². The number of nitrogens with two attached hydrogens (primary N) is 1. The van der Waals surface area contributed by atoms with Crippen molar-refractivity contribution in [3.8, 4) is 6.07 Å². The number of nitrogens with zero attached hydrogens (tertiary/aromatic N) is 1. The normalized spacial score (nSPS) is 9.95. The first-order chi connectivity index (χ1) is 9.70. The lowest BCUT2D eigenvalue weighted by Crippen LogP contribution is -2.15. The molecule has 0 heterocycles. The first kappa shape index (κ1) is 13.8. The van der Waals surface area contributed by atoms with E-state index in [4.69, 9.17) is 11.0 Å². The summed E-state index contributed by atoms with van der Waals surface area (Å²) in [6.45, 7) is 1.21. The number of hydrogen-bond donors (Lipinski definition) is 2. The maximum atomic E-state index is 11.1. The van der Waals surface area contributed by atoms with E-state index in [1.165, 1.54) is 0 Å². The fourth-order valence-corrected chi connectivity index (χ4v) is 1.96. The highest BCUT2D eigenvalue weighted by Crippen LogP contribution is 2.08. The van der Waals surface area contributed by atoms with E-state index in [1.807, 2.05) is 24.3 Å². The molecule has 0 aliphatic carbocycles. The van der Waals surface area contributed by atoms with E-state index < -0.39 is 5.91 Å². The molecule has 0 saturated heterocycles. The molecule has 1 amide bonds. The predicted molar refractivity (Wildman–Crippen MR) is 76.7 cm³/mol. The maximum absolute atomic E-state index is 11.1. The molecule has 0 fully saturated rings. The van der Waals surface area contributed by atoms with Crippen molar-refractivity contribution in [3.63, 3.8) is 0 Å². The summed E-state index contributed by atoms with van der Waals surface area (Å²) in [4.78, 5) is 11.1. The molecular weight excluding hydrogens is 250 g/mol. The zero-order valence-electron chi connectivity index (χ0n) is 11.0. The molecule has 2 aromatic carbocycles. The van der Waals surface area contributed by atoms with Crippen LogP contribution in [0.5, 0.6) is 0 Å². The summed E-state index contributed by atoms with van der Waals surface area (Å²) in [6.07, 6.45) is 0. The molecule has 0 aliphatic rings. The summed E-state index contributed by atoms with van der Waals surface area (Å²) in [5.74, 6) is -0.429. The van der Waals surface area contributed by atoms with Gasteiger partial charge >= 0.3 is 0 Å². The summed E-state index contributed by atoms with van der Waals surface area (Å²) < 4.78 is 0. The van der Waals surface area contributed by atoms with Crippen molar-refractivity contribution in [2.24, 2.45) is 5.73 Å².